The second-order valence-electron chi connectivity index (χ2n) is 2.81. The summed E-state index contributed by atoms with van der Waals surface area (Å²) in [7, 11) is 0. The summed E-state index contributed by atoms with van der Waals surface area (Å²) in [5.41, 5.74) is 1.49. The molecule has 3 nitrogen and oxygen atoms in total. The van der Waals surface area contributed by atoms with Crippen LogP contribution in [-0.4, -0.2) is 11.7 Å². The predicted octanol–water partition coefficient (Wildman–Crippen LogP) is 1.79. The van der Waals surface area contributed by atoms with Gasteiger partial charge in [-0.05, 0) is 18.6 Å². The van der Waals surface area contributed by atoms with E-state index in [-0.39, 0.29) is 5.75 Å². The Morgan fingerprint density at radius 3 is 2.85 bits per heavy atom. The van der Waals surface area contributed by atoms with Crippen molar-refractivity contribution < 1.29 is 9.94 Å². The highest BCUT2D eigenvalue weighted by molar-refractivity contribution is 6.31. The van der Waals surface area contributed by atoms with Crippen LogP contribution in [0.4, 0.5) is 0 Å². The van der Waals surface area contributed by atoms with Gasteiger partial charge in [0.05, 0.1) is 6.61 Å². The highest BCUT2D eigenvalue weighted by Gasteiger charge is 2.08. The van der Waals surface area contributed by atoms with E-state index in [9.17, 15) is 5.11 Å². The van der Waals surface area contributed by atoms with Crippen molar-refractivity contribution in [2.45, 2.75) is 13.3 Å². The minimum atomic E-state index is 0.226. The Bertz CT molecular complexity index is 302. The molecule has 0 saturated heterocycles. The summed E-state index contributed by atoms with van der Waals surface area (Å²) in [5, 5.41) is 10.2. The number of nitrogens with two attached hydrogens (primary N) is 1. The topological polar surface area (TPSA) is 55.5 Å². The zero-order chi connectivity index (χ0) is 9.84. The van der Waals surface area contributed by atoms with E-state index in [2.05, 4.69) is 4.84 Å². The van der Waals surface area contributed by atoms with Crippen molar-refractivity contribution in [3.8, 4) is 5.75 Å². The minimum Gasteiger partial charge on any atom is -0.507 e. The molecule has 0 aliphatic carbocycles. The van der Waals surface area contributed by atoms with E-state index >= 15 is 0 Å². The lowest BCUT2D eigenvalue weighted by atomic mass is 10.1. The van der Waals surface area contributed by atoms with Gasteiger partial charge in [0.1, 0.15) is 5.75 Å². The van der Waals surface area contributed by atoms with Crippen molar-refractivity contribution in [3.63, 3.8) is 0 Å². The molecule has 0 heterocycles. The van der Waals surface area contributed by atoms with Gasteiger partial charge in [0.2, 0.25) is 0 Å². The van der Waals surface area contributed by atoms with Crippen molar-refractivity contribution >= 4 is 11.6 Å². The normalized spacial score (nSPS) is 10.4. The molecular formula is C9H12ClNO2. The van der Waals surface area contributed by atoms with Crippen molar-refractivity contribution in [1.29, 1.82) is 0 Å². The first-order valence-electron chi connectivity index (χ1n) is 3.95. The van der Waals surface area contributed by atoms with Crippen LogP contribution in [0.1, 0.15) is 11.1 Å². The van der Waals surface area contributed by atoms with E-state index in [1.807, 2.05) is 6.92 Å². The molecule has 4 heteroatoms. The molecule has 1 rings (SSSR count). The number of aromatic hydroxyl groups is 1. The Morgan fingerprint density at radius 2 is 2.23 bits per heavy atom. The maximum Gasteiger partial charge on any atom is 0.123 e. The predicted molar refractivity (Wildman–Crippen MR) is 51.7 cm³/mol. The molecule has 1 aromatic carbocycles. The van der Waals surface area contributed by atoms with Crippen LogP contribution < -0.4 is 5.90 Å². The molecule has 0 bridgehead atoms. The molecule has 0 spiro atoms. The highest BCUT2D eigenvalue weighted by Crippen LogP contribution is 2.29. The van der Waals surface area contributed by atoms with Gasteiger partial charge < -0.3 is 9.94 Å². The van der Waals surface area contributed by atoms with E-state index in [1.54, 1.807) is 12.1 Å². The lowest BCUT2D eigenvalue weighted by Gasteiger charge is -2.08. The van der Waals surface area contributed by atoms with E-state index in [0.29, 0.717) is 23.6 Å². The van der Waals surface area contributed by atoms with Gasteiger partial charge in [0.15, 0.2) is 0 Å². The Labute approximate surface area is 82.0 Å². The molecule has 0 unspecified atom stereocenters. The second-order valence-corrected chi connectivity index (χ2v) is 3.22. The smallest absolute Gasteiger partial charge is 0.123 e. The maximum absolute atomic E-state index is 9.62. The fourth-order valence-electron chi connectivity index (χ4n) is 1.13. The first-order chi connectivity index (χ1) is 6.16. The summed E-state index contributed by atoms with van der Waals surface area (Å²) in [5.74, 6) is 5.12. The van der Waals surface area contributed by atoms with Gasteiger partial charge in [-0.2, -0.15) is 0 Å². The Morgan fingerprint density at radius 1 is 1.54 bits per heavy atom. The van der Waals surface area contributed by atoms with Crippen molar-refractivity contribution in [1.82, 2.24) is 0 Å². The molecule has 0 saturated carbocycles. The van der Waals surface area contributed by atoms with Gasteiger partial charge in [-0.25, -0.2) is 5.90 Å². The number of hydrogen-bond donors (Lipinski definition) is 2. The zero-order valence-corrected chi connectivity index (χ0v) is 8.14. The summed E-state index contributed by atoms with van der Waals surface area (Å²) in [6.07, 6.45) is 0.517. The van der Waals surface area contributed by atoms with Crippen LogP contribution in [0.25, 0.3) is 0 Å². The lowest BCUT2D eigenvalue weighted by molar-refractivity contribution is 0.140. The van der Waals surface area contributed by atoms with E-state index < -0.39 is 0 Å². The lowest BCUT2D eigenvalue weighted by Crippen LogP contribution is -2.04. The third-order valence-corrected chi connectivity index (χ3v) is 2.25. The third kappa shape index (κ3) is 2.34. The number of hydrogen-bond acceptors (Lipinski definition) is 3. The molecule has 0 fully saturated rings. The number of aryl methyl sites for hydroxylation is 1. The van der Waals surface area contributed by atoms with Crippen molar-refractivity contribution in [2.24, 2.45) is 5.90 Å². The van der Waals surface area contributed by atoms with Gasteiger partial charge in [-0.1, -0.05) is 17.7 Å². The molecular weight excluding hydrogens is 190 g/mol. The summed E-state index contributed by atoms with van der Waals surface area (Å²) in [6.45, 7) is 2.16. The molecule has 0 aliphatic rings. The fraction of sp³-hybridized carbons (Fsp3) is 0.333. The highest BCUT2D eigenvalue weighted by atomic mass is 35.5. The van der Waals surface area contributed by atoms with E-state index in [0.717, 1.165) is 5.56 Å². The van der Waals surface area contributed by atoms with Crippen LogP contribution in [0.3, 0.4) is 0 Å². The number of rotatable bonds is 3. The average molecular weight is 202 g/mol. The summed E-state index contributed by atoms with van der Waals surface area (Å²) in [6, 6.07) is 3.52. The van der Waals surface area contributed by atoms with Gasteiger partial charge in [-0.3, -0.25) is 0 Å². The molecule has 13 heavy (non-hydrogen) atoms. The fourth-order valence-corrected chi connectivity index (χ4v) is 1.37. The van der Waals surface area contributed by atoms with Crippen LogP contribution in [0.15, 0.2) is 12.1 Å². The number of benzene rings is 1. The van der Waals surface area contributed by atoms with Crippen LogP contribution in [0.2, 0.25) is 5.02 Å². The van der Waals surface area contributed by atoms with Crippen LogP contribution >= 0.6 is 11.6 Å². The molecule has 72 valence electrons. The standard InChI is InChI=1S/C9H12ClNO2/c1-6-2-3-8(10)7(9(6)12)4-5-13-11/h2-3,12H,4-5,11H2,1H3. The van der Waals surface area contributed by atoms with E-state index in [4.69, 9.17) is 17.5 Å². The number of phenols is 1. The quantitative estimate of drug-likeness (QED) is 0.734. The summed E-state index contributed by atoms with van der Waals surface area (Å²) < 4.78 is 0. The van der Waals surface area contributed by atoms with Gasteiger partial charge in [-0.15, -0.1) is 0 Å². The van der Waals surface area contributed by atoms with E-state index in [1.165, 1.54) is 0 Å². The first kappa shape index (κ1) is 10.3. The largest absolute Gasteiger partial charge is 0.507 e. The average Bonchev–Trinajstić information content (AvgIpc) is 2.12. The maximum atomic E-state index is 9.62. The van der Waals surface area contributed by atoms with Gasteiger partial charge in [0, 0.05) is 17.0 Å². The van der Waals surface area contributed by atoms with Gasteiger partial charge >= 0.3 is 0 Å². The Kier molecular flexibility index (Phi) is 3.54. The SMILES string of the molecule is Cc1ccc(Cl)c(CCON)c1O. The van der Waals surface area contributed by atoms with Crippen LogP contribution in [0, 0.1) is 6.92 Å². The number of halogens is 1. The molecule has 0 aliphatic heterocycles. The Hall–Kier alpha value is -0.770. The first-order valence-corrected chi connectivity index (χ1v) is 4.33. The molecule has 0 atom stereocenters. The summed E-state index contributed by atoms with van der Waals surface area (Å²) in [4.78, 5) is 4.43. The third-order valence-electron chi connectivity index (χ3n) is 1.90. The van der Waals surface area contributed by atoms with Crippen LogP contribution in [-0.2, 0) is 11.3 Å². The molecule has 0 amide bonds. The Balaban J connectivity index is 2.96. The zero-order valence-electron chi connectivity index (χ0n) is 7.38. The van der Waals surface area contributed by atoms with Gasteiger partial charge in [0.25, 0.3) is 0 Å². The van der Waals surface area contributed by atoms with Crippen molar-refractivity contribution in [2.75, 3.05) is 6.61 Å². The molecule has 3 N–H and O–H groups in total. The number of phenolic OH excluding ortho intramolecular Hbond substituents is 1. The van der Waals surface area contributed by atoms with Crippen molar-refractivity contribution in [3.05, 3.63) is 28.3 Å². The van der Waals surface area contributed by atoms with Crippen LogP contribution in [0.5, 0.6) is 5.75 Å². The molecule has 0 aromatic heterocycles. The molecule has 1 aromatic rings. The summed E-state index contributed by atoms with van der Waals surface area (Å²) >= 11 is 5.88. The second kappa shape index (κ2) is 4.46. The monoisotopic (exact) mass is 201 g/mol. The molecule has 0 radical (unpaired) electrons. The minimum absolute atomic E-state index is 0.226.